The van der Waals surface area contributed by atoms with Gasteiger partial charge in [-0.1, -0.05) is 24.3 Å². The number of hydrogen-bond acceptors (Lipinski definition) is 6. The van der Waals surface area contributed by atoms with Gasteiger partial charge in [-0.15, -0.1) is 0 Å². The van der Waals surface area contributed by atoms with Gasteiger partial charge in [0.15, 0.2) is 0 Å². The smallest absolute Gasteiger partial charge is 0.263 e. The van der Waals surface area contributed by atoms with E-state index in [-0.39, 0.29) is 23.8 Å². The first-order chi connectivity index (χ1) is 15.0. The van der Waals surface area contributed by atoms with Crippen LogP contribution < -0.4 is 9.46 Å². The Morgan fingerprint density at radius 3 is 2.48 bits per heavy atom. The fourth-order valence-corrected chi connectivity index (χ4v) is 5.07. The first-order valence-corrected chi connectivity index (χ1v) is 11.7. The van der Waals surface area contributed by atoms with Crippen molar-refractivity contribution in [2.24, 2.45) is 4.99 Å². The summed E-state index contributed by atoms with van der Waals surface area (Å²) in [6.45, 7) is 4.09. The molecule has 0 atom stereocenters. The molecule has 0 aromatic heterocycles. The van der Waals surface area contributed by atoms with Crippen LogP contribution in [0.4, 0.5) is 0 Å². The minimum Gasteiger partial charge on any atom is -0.497 e. The van der Waals surface area contributed by atoms with Gasteiger partial charge in [0.05, 0.1) is 18.6 Å². The molecule has 2 aromatic rings. The van der Waals surface area contributed by atoms with E-state index in [4.69, 9.17) is 4.74 Å². The normalized spacial score (nSPS) is 19.1. The molecule has 2 aromatic carbocycles. The van der Waals surface area contributed by atoms with Crippen molar-refractivity contribution in [1.82, 2.24) is 14.5 Å². The number of carbonyl (C=O) groups is 1. The zero-order valence-corrected chi connectivity index (χ0v) is 18.3. The molecule has 1 N–H and O–H groups in total. The quantitative estimate of drug-likeness (QED) is 0.732. The minimum atomic E-state index is -3.55. The molecule has 1 fully saturated rings. The second kappa shape index (κ2) is 9.07. The molecule has 2 aliphatic rings. The Balaban J connectivity index is 1.26. The van der Waals surface area contributed by atoms with Gasteiger partial charge in [-0.2, -0.15) is 0 Å². The summed E-state index contributed by atoms with van der Waals surface area (Å²) in [5.74, 6) is 1.20. The molecule has 164 valence electrons. The van der Waals surface area contributed by atoms with Crippen LogP contribution in [0.1, 0.15) is 17.5 Å². The van der Waals surface area contributed by atoms with E-state index < -0.39 is 10.0 Å². The molecule has 0 unspecified atom stereocenters. The summed E-state index contributed by atoms with van der Waals surface area (Å²) in [5.41, 5.74) is 1.78. The van der Waals surface area contributed by atoms with Crippen LogP contribution in [-0.4, -0.2) is 69.8 Å². The number of aliphatic imine (C=N–C) groups is 1. The highest BCUT2D eigenvalue weighted by Gasteiger charge is 2.30. The van der Waals surface area contributed by atoms with Gasteiger partial charge in [0, 0.05) is 44.7 Å². The van der Waals surface area contributed by atoms with Gasteiger partial charge < -0.3 is 9.64 Å². The number of piperazine rings is 1. The SMILES string of the molecule is COc1ccc(CN2CCN(C(=O)CCN=C3NS(=O)(=O)c4ccccc43)CC2)cc1. The number of methoxy groups -OCH3 is 1. The Kier molecular flexibility index (Phi) is 6.24. The van der Waals surface area contributed by atoms with E-state index in [9.17, 15) is 13.2 Å². The van der Waals surface area contributed by atoms with Crippen LogP contribution in [0.2, 0.25) is 0 Å². The Bertz CT molecular complexity index is 1070. The van der Waals surface area contributed by atoms with Gasteiger partial charge in [-0.05, 0) is 29.8 Å². The zero-order valence-electron chi connectivity index (χ0n) is 17.5. The van der Waals surface area contributed by atoms with Crippen LogP contribution >= 0.6 is 0 Å². The van der Waals surface area contributed by atoms with Gasteiger partial charge in [-0.3, -0.25) is 19.4 Å². The summed E-state index contributed by atoms with van der Waals surface area (Å²) in [6.07, 6.45) is 0.256. The summed E-state index contributed by atoms with van der Waals surface area (Å²) in [5, 5.41) is 0. The van der Waals surface area contributed by atoms with Crippen molar-refractivity contribution >= 4 is 21.8 Å². The lowest BCUT2D eigenvalue weighted by molar-refractivity contribution is -0.132. The van der Waals surface area contributed by atoms with Crippen molar-refractivity contribution in [3.63, 3.8) is 0 Å². The van der Waals surface area contributed by atoms with Crippen molar-refractivity contribution < 1.29 is 17.9 Å². The van der Waals surface area contributed by atoms with E-state index in [1.54, 1.807) is 31.4 Å². The van der Waals surface area contributed by atoms with Crippen LogP contribution in [0.25, 0.3) is 0 Å². The molecular formula is C22H26N4O4S. The third-order valence-electron chi connectivity index (χ3n) is 5.55. The van der Waals surface area contributed by atoms with Gasteiger partial charge >= 0.3 is 0 Å². The highest BCUT2D eigenvalue weighted by Crippen LogP contribution is 2.22. The summed E-state index contributed by atoms with van der Waals surface area (Å²) in [6, 6.07) is 14.8. The molecule has 4 rings (SSSR count). The summed E-state index contributed by atoms with van der Waals surface area (Å²) in [7, 11) is -1.90. The number of rotatable bonds is 6. The number of benzene rings is 2. The lowest BCUT2D eigenvalue weighted by Crippen LogP contribution is -2.48. The number of hydrogen-bond donors (Lipinski definition) is 1. The monoisotopic (exact) mass is 442 g/mol. The van der Waals surface area contributed by atoms with E-state index in [0.29, 0.717) is 24.5 Å². The van der Waals surface area contributed by atoms with Crippen molar-refractivity contribution in [2.45, 2.75) is 17.9 Å². The molecule has 0 saturated carbocycles. The third kappa shape index (κ3) is 4.88. The lowest BCUT2D eigenvalue weighted by Gasteiger charge is -2.34. The highest BCUT2D eigenvalue weighted by atomic mass is 32.2. The molecule has 0 bridgehead atoms. The molecule has 0 radical (unpaired) electrons. The molecule has 0 aliphatic carbocycles. The molecular weight excluding hydrogens is 416 g/mol. The van der Waals surface area contributed by atoms with Crippen LogP contribution in [-0.2, 0) is 21.4 Å². The Labute approximate surface area is 182 Å². The number of sulfonamides is 1. The average Bonchev–Trinajstić information content (AvgIpc) is 3.05. The van der Waals surface area contributed by atoms with Gasteiger partial charge in [-0.25, -0.2) is 8.42 Å². The number of amidine groups is 1. The van der Waals surface area contributed by atoms with Crippen LogP contribution in [0, 0.1) is 0 Å². The van der Waals surface area contributed by atoms with Crippen molar-refractivity contribution in [1.29, 1.82) is 0 Å². The second-order valence-corrected chi connectivity index (χ2v) is 9.24. The van der Waals surface area contributed by atoms with E-state index in [2.05, 4.69) is 26.7 Å². The van der Waals surface area contributed by atoms with Gasteiger partial charge in [0.1, 0.15) is 11.6 Å². The fourth-order valence-electron chi connectivity index (χ4n) is 3.82. The number of carbonyl (C=O) groups excluding carboxylic acids is 1. The summed E-state index contributed by atoms with van der Waals surface area (Å²) < 4.78 is 31.9. The topological polar surface area (TPSA) is 91.3 Å². The first kappa shape index (κ1) is 21.3. The molecule has 8 nitrogen and oxygen atoms in total. The predicted molar refractivity (Wildman–Crippen MR) is 118 cm³/mol. The maximum Gasteiger partial charge on any atom is 0.263 e. The highest BCUT2D eigenvalue weighted by molar-refractivity contribution is 7.90. The van der Waals surface area contributed by atoms with Crippen molar-refractivity contribution in [2.75, 3.05) is 39.8 Å². The molecule has 1 amide bonds. The summed E-state index contributed by atoms with van der Waals surface area (Å²) in [4.78, 5) is 21.3. The molecule has 9 heteroatoms. The number of nitrogens with zero attached hydrogens (tertiary/aromatic N) is 3. The van der Waals surface area contributed by atoms with E-state index in [1.807, 2.05) is 17.0 Å². The molecule has 2 heterocycles. The van der Waals surface area contributed by atoms with Crippen molar-refractivity contribution in [3.8, 4) is 5.75 Å². The largest absolute Gasteiger partial charge is 0.497 e. The van der Waals surface area contributed by atoms with E-state index in [1.165, 1.54) is 5.56 Å². The predicted octanol–water partition coefficient (Wildman–Crippen LogP) is 1.47. The fraction of sp³-hybridized carbons (Fsp3) is 0.364. The minimum absolute atomic E-state index is 0.0441. The standard InChI is InChI=1S/C22H26N4O4S/c1-30-18-8-6-17(7-9-18)16-25-12-14-26(15-13-25)21(27)10-11-23-22-19-4-2-3-5-20(19)31(28,29)24-22/h2-9H,10-16H2,1H3,(H,23,24). The van der Waals surface area contributed by atoms with E-state index >= 15 is 0 Å². The first-order valence-electron chi connectivity index (χ1n) is 10.3. The molecule has 1 saturated heterocycles. The number of fused-ring (bicyclic) bond motifs is 1. The lowest BCUT2D eigenvalue weighted by atomic mass is 10.2. The zero-order chi connectivity index (χ0) is 21.8. The molecule has 31 heavy (non-hydrogen) atoms. The van der Waals surface area contributed by atoms with Crippen LogP contribution in [0.5, 0.6) is 5.75 Å². The Morgan fingerprint density at radius 1 is 1.06 bits per heavy atom. The van der Waals surface area contributed by atoms with Gasteiger partial charge in [0.25, 0.3) is 10.0 Å². The third-order valence-corrected chi connectivity index (χ3v) is 6.95. The summed E-state index contributed by atoms with van der Waals surface area (Å²) >= 11 is 0. The number of amides is 1. The Hall–Kier alpha value is -2.91. The molecule has 0 spiro atoms. The van der Waals surface area contributed by atoms with Crippen molar-refractivity contribution in [3.05, 3.63) is 59.7 Å². The average molecular weight is 443 g/mol. The van der Waals surface area contributed by atoms with Gasteiger partial charge in [0.2, 0.25) is 5.91 Å². The van der Waals surface area contributed by atoms with Crippen LogP contribution in [0.3, 0.4) is 0 Å². The van der Waals surface area contributed by atoms with Crippen LogP contribution in [0.15, 0.2) is 58.4 Å². The number of nitrogens with one attached hydrogen (secondary N) is 1. The molecule has 2 aliphatic heterocycles. The Morgan fingerprint density at radius 2 is 1.77 bits per heavy atom. The second-order valence-electron chi connectivity index (χ2n) is 7.59. The maximum absolute atomic E-state index is 12.6. The van der Waals surface area contributed by atoms with E-state index in [0.717, 1.165) is 25.4 Å². The number of ether oxygens (including phenoxy) is 1. The maximum atomic E-state index is 12.6.